The number of anilines is 1. The summed E-state index contributed by atoms with van der Waals surface area (Å²) in [4.78, 5) is 25.5. The molecule has 2 N–H and O–H groups in total. The van der Waals surface area contributed by atoms with Gasteiger partial charge in [0.1, 0.15) is 11.5 Å². The number of benzene rings is 1. The Morgan fingerprint density at radius 3 is 2.72 bits per heavy atom. The first kappa shape index (κ1) is 18.6. The third kappa shape index (κ3) is 4.24. The number of hydrogen-bond donors (Lipinski definition) is 2. The van der Waals surface area contributed by atoms with E-state index in [1.807, 2.05) is 66.1 Å². The number of nitrogens with zero attached hydrogens (tertiary/aromatic N) is 4. The molecular weight excluding hydrogens is 364 g/mol. The molecule has 3 aromatic heterocycles. The van der Waals surface area contributed by atoms with Crippen molar-refractivity contribution in [2.45, 2.75) is 19.4 Å². The fourth-order valence-electron chi connectivity index (χ4n) is 3.19. The third-order valence-electron chi connectivity index (χ3n) is 4.63. The number of carbonyl (C=O) groups is 1. The minimum Gasteiger partial charge on any atom is -0.369 e. The summed E-state index contributed by atoms with van der Waals surface area (Å²) >= 11 is 0. The van der Waals surface area contributed by atoms with Crippen LogP contribution in [0, 0.1) is 0 Å². The van der Waals surface area contributed by atoms with Gasteiger partial charge < -0.3 is 10.6 Å². The maximum absolute atomic E-state index is 12.4. The van der Waals surface area contributed by atoms with Crippen molar-refractivity contribution < 1.29 is 4.79 Å². The van der Waals surface area contributed by atoms with Gasteiger partial charge in [-0.25, -0.2) is 4.98 Å². The Balaban J connectivity index is 1.45. The molecule has 0 saturated carbocycles. The molecule has 0 fully saturated rings. The second-order valence-electron chi connectivity index (χ2n) is 6.70. The number of fused-ring (bicyclic) bond motifs is 1. The van der Waals surface area contributed by atoms with Crippen LogP contribution in [0.5, 0.6) is 0 Å². The van der Waals surface area contributed by atoms with Crippen molar-refractivity contribution in [2.75, 3.05) is 11.9 Å². The summed E-state index contributed by atoms with van der Waals surface area (Å²) in [7, 11) is 0. The number of amides is 1. The SMILES string of the molecule is CC(NC(=O)CCNc1c(-c2ccccc2)nc2cnccn12)c1ccccn1. The van der Waals surface area contributed by atoms with Crippen molar-refractivity contribution in [3.63, 3.8) is 0 Å². The molecule has 7 heteroatoms. The van der Waals surface area contributed by atoms with E-state index in [9.17, 15) is 4.79 Å². The minimum atomic E-state index is -0.134. The normalized spacial score (nSPS) is 11.9. The first-order chi connectivity index (χ1) is 14.2. The van der Waals surface area contributed by atoms with Crippen molar-refractivity contribution in [2.24, 2.45) is 0 Å². The molecule has 0 radical (unpaired) electrons. The van der Waals surface area contributed by atoms with Crippen molar-refractivity contribution in [1.29, 1.82) is 0 Å². The third-order valence-corrected chi connectivity index (χ3v) is 4.63. The zero-order valence-corrected chi connectivity index (χ0v) is 16.1. The molecule has 0 aliphatic heterocycles. The molecule has 0 spiro atoms. The molecule has 4 rings (SSSR count). The van der Waals surface area contributed by atoms with Crippen LogP contribution in [-0.4, -0.2) is 31.8 Å². The Bertz CT molecular complexity index is 1090. The second kappa shape index (κ2) is 8.52. The van der Waals surface area contributed by atoms with Crippen molar-refractivity contribution in [3.05, 3.63) is 79.0 Å². The lowest BCUT2D eigenvalue weighted by Crippen LogP contribution is -2.28. The van der Waals surface area contributed by atoms with Crippen LogP contribution in [0.25, 0.3) is 16.9 Å². The van der Waals surface area contributed by atoms with E-state index in [0.29, 0.717) is 13.0 Å². The van der Waals surface area contributed by atoms with Crippen LogP contribution in [0.1, 0.15) is 25.1 Å². The van der Waals surface area contributed by atoms with Gasteiger partial charge in [-0.15, -0.1) is 0 Å². The van der Waals surface area contributed by atoms with Crippen molar-refractivity contribution in [1.82, 2.24) is 24.7 Å². The molecule has 0 bridgehead atoms. The van der Waals surface area contributed by atoms with Crippen LogP contribution in [0.4, 0.5) is 5.82 Å². The monoisotopic (exact) mass is 386 g/mol. The van der Waals surface area contributed by atoms with Crippen LogP contribution in [0.2, 0.25) is 0 Å². The summed E-state index contributed by atoms with van der Waals surface area (Å²) in [6.07, 6.45) is 7.36. The molecular formula is C22H22N6O. The number of nitrogens with one attached hydrogen (secondary N) is 2. The summed E-state index contributed by atoms with van der Waals surface area (Å²) in [5, 5.41) is 6.36. The lowest BCUT2D eigenvalue weighted by atomic mass is 10.1. The Morgan fingerprint density at radius 1 is 1.10 bits per heavy atom. The maximum Gasteiger partial charge on any atom is 0.222 e. The summed E-state index contributed by atoms with van der Waals surface area (Å²) in [6.45, 7) is 2.41. The van der Waals surface area contributed by atoms with E-state index in [0.717, 1.165) is 28.4 Å². The van der Waals surface area contributed by atoms with Gasteiger partial charge in [-0.1, -0.05) is 36.4 Å². The van der Waals surface area contributed by atoms with Gasteiger partial charge >= 0.3 is 0 Å². The predicted octanol–water partition coefficient (Wildman–Crippen LogP) is 3.47. The van der Waals surface area contributed by atoms with E-state index in [4.69, 9.17) is 4.98 Å². The summed E-state index contributed by atoms with van der Waals surface area (Å²) < 4.78 is 1.95. The lowest BCUT2D eigenvalue weighted by Gasteiger charge is -2.14. The van der Waals surface area contributed by atoms with E-state index in [1.54, 1.807) is 18.6 Å². The molecule has 3 heterocycles. The average Bonchev–Trinajstić information content (AvgIpc) is 3.14. The molecule has 1 unspecified atom stereocenters. The number of pyridine rings is 1. The van der Waals surface area contributed by atoms with Crippen LogP contribution in [-0.2, 0) is 4.79 Å². The molecule has 146 valence electrons. The highest BCUT2D eigenvalue weighted by Gasteiger charge is 2.15. The van der Waals surface area contributed by atoms with Crippen LogP contribution < -0.4 is 10.6 Å². The Kier molecular flexibility index (Phi) is 5.47. The number of imidazole rings is 1. The Labute approximate surface area is 168 Å². The molecule has 7 nitrogen and oxygen atoms in total. The van der Waals surface area contributed by atoms with Crippen molar-refractivity contribution >= 4 is 17.4 Å². The number of carbonyl (C=O) groups excluding carboxylic acids is 1. The lowest BCUT2D eigenvalue weighted by molar-refractivity contribution is -0.121. The summed E-state index contributed by atoms with van der Waals surface area (Å²) in [5.41, 5.74) is 3.43. The van der Waals surface area contributed by atoms with Crippen LogP contribution >= 0.6 is 0 Å². The molecule has 1 amide bonds. The molecule has 1 aromatic carbocycles. The molecule has 0 saturated heterocycles. The summed E-state index contributed by atoms with van der Waals surface area (Å²) in [5.74, 6) is 0.812. The maximum atomic E-state index is 12.4. The van der Waals surface area contributed by atoms with Gasteiger partial charge in [0.15, 0.2) is 5.65 Å². The molecule has 29 heavy (non-hydrogen) atoms. The quantitative estimate of drug-likeness (QED) is 0.508. The fraction of sp³-hybridized carbons (Fsp3) is 0.182. The van der Waals surface area contributed by atoms with Crippen molar-refractivity contribution in [3.8, 4) is 11.3 Å². The van der Waals surface area contributed by atoms with E-state index < -0.39 is 0 Å². The first-order valence-electron chi connectivity index (χ1n) is 9.54. The van der Waals surface area contributed by atoms with Gasteiger partial charge in [0, 0.05) is 37.1 Å². The zero-order chi connectivity index (χ0) is 20.1. The molecule has 4 aromatic rings. The van der Waals surface area contributed by atoms with Crippen LogP contribution in [0.3, 0.4) is 0 Å². The van der Waals surface area contributed by atoms with Gasteiger partial charge in [-0.3, -0.25) is 19.2 Å². The molecule has 1 atom stereocenters. The number of aromatic nitrogens is 4. The largest absolute Gasteiger partial charge is 0.369 e. The van der Waals surface area contributed by atoms with E-state index in [-0.39, 0.29) is 11.9 Å². The van der Waals surface area contributed by atoms with Gasteiger partial charge in [-0.2, -0.15) is 0 Å². The van der Waals surface area contributed by atoms with E-state index in [2.05, 4.69) is 20.6 Å². The highest BCUT2D eigenvalue weighted by Crippen LogP contribution is 2.28. The summed E-state index contributed by atoms with van der Waals surface area (Å²) in [6, 6.07) is 15.5. The second-order valence-corrected chi connectivity index (χ2v) is 6.70. The van der Waals surface area contributed by atoms with Gasteiger partial charge in [0.05, 0.1) is 17.9 Å². The highest BCUT2D eigenvalue weighted by atomic mass is 16.1. The van der Waals surface area contributed by atoms with Gasteiger partial charge in [-0.05, 0) is 19.1 Å². The zero-order valence-electron chi connectivity index (χ0n) is 16.1. The fourth-order valence-corrected chi connectivity index (χ4v) is 3.19. The average molecular weight is 386 g/mol. The number of rotatable bonds is 7. The van der Waals surface area contributed by atoms with Crippen LogP contribution in [0.15, 0.2) is 73.3 Å². The first-order valence-corrected chi connectivity index (χ1v) is 9.54. The van der Waals surface area contributed by atoms with Gasteiger partial charge in [0.25, 0.3) is 0 Å². The van der Waals surface area contributed by atoms with E-state index in [1.165, 1.54) is 0 Å². The van der Waals surface area contributed by atoms with E-state index >= 15 is 0 Å². The predicted molar refractivity (Wildman–Crippen MR) is 112 cm³/mol. The highest BCUT2D eigenvalue weighted by molar-refractivity contribution is 5.78. The Morgan fingerprint density at radius 2 is 1.93 bits per heavy atom. The smallest absolute Gasteiger partial charge is 0.222 e. The minimum absolute atomic E-state index is 0.0348. The molecule has 0 aliphatic rings. The topological polar surface area (TPSA) is 84.2 Å². The molecule has 0 aliphatic carbocycles. The standard InChI is InChI=1S/C22H22N6O/c1-16(18-9-5-6-11-24-18)26-20(29)10-12-25-22-21(17-7-3-2-4-8-17)27-19-15-23-13-14-28(19)22/h2-9,11,13-16,25H,10,12H2,1H3,(H,26,29). The van der Waals surface area contributed by atoms with Gasteiger partial charge in [0.2, 0.25) is 5.91 Å². The Hall–Kier alpha value is -3.74. The number of hydrogen-bond acceptors (Lipinski definition) is 5.